The van der Waals surface area contributed by atoms with E-state index in [0.29, 0.717) is 0 Å². The van der Waals surface area contributed by atoms with Crippen molar-refractivity contribution in [2.24, 2.45) is 5.92 Å². The van der Waals surface area contributed by atoms with Crippen LogP contribution in [0.2, 0.25) is 0 Å². The average molecular weight is 678 g/mol. The first-order valence-electron chi connectivity index (χ1n) is 15.9. The number of esters is 1. The maximum absolute atomic E-state index is 14.0. The summed E-state index contributed by atoms with van der Waals surface area (Å²) >= 11 is 1.43. The number of hydrogen-bond acceptors (Lipinski definition) is 8. The van der Waals surface area contributed by atoms with Gasteiger partial charge in [0.25, 0.3) is 0 Å². The van der Waals surface area contributed by atoms with Crippen LogP contribution in [0.4, 0.5) is 4.79 Å². The summed E-state index contributed by atoms with van der Waals surface area (Å²) < 4.78 is 9.37. The molecule has 3 aromatic rings. The largest absolute Gasteiger partial charge is 0.467 e. The van der Waals surface area contributed by atoms with Gasteiger partial charge in [0.1, 0.15) is 17.7 Å². The van der Waals surface area contributed by atoms with Gasteiger partial charge in [-0.1, -0.05) is 105 Å². The third-order valence-electron chi connectivity index (χ3n) is 7.50. The second kappa shape index (κ2) is 17.2. The fraction of sp³-hybridized carbons (Fsp3) is 0.405. The van der Waals surface area contributed by atoms with Crippen molar-refractivity contribution in [3.05, 3.63) is 108 Å². The molecule has 0 radical (unpaired) electrons. The molecule has 3 amide bonds. The van der Waals surface area contributed by atoms with Crippen molar-refractivity contribution in [2.45, 2.75) is 76.1 Å². The van der Waals surface area contributed by atoms with Gasteiger partial charge in [0, 0.05) is 5.75 Å². The van der Waals surface area contributed by atoms with Crippen LogP contribution in [0.1, 0.15) is 58.2 Å². The molecular weight excluding hydrogens is 630 g/mol. The molecule has 0 spiro atoms. The maximum Gasteiger partial charge on any atom is 0.408 e. The monoisotopic (exact) mass is 677 g/mol. The summed E-state index contributed by atoms with van der Waals surface area (Å²) in [7, 11) is 1.16. The number of methoxy groups -OCH3 is 1. The second-order valence-electron chi connectivity index (χ2n) is 12.8. The van der Waals surface area contributed by atoms with Crippen LogP contribution in [-0.2, 0) is 28.6 Å². The van der Waals surface area contributed by atoms with Crippen LogP contribution in [0.3, 0.4) is 0 Å². The number of ether oxygens (including phenoxy) is 2. The van der Waals surface area contributed by atoms with E-state index in [-0.39, 0.29) is 11.7 Å². The predicted molar refractivity (Wildman–Crippen MR) is 187 cm³/mol. The van der Waals surface area contributed by atoms with Crippen molar-refractivity contribution in [3.63, 3.8) is 0 Å². The van der Waals surface area contributed by atoms with Crippen molar-refractivity contribution in [3.8, 4) is 0 Å². The van der Waals surface area contributed by atoms with Gasteiger partial charge in [-0.05, 0) is 50.3 Å². The Labute approximate surface area is 287 Å². The molecule has 0 bridgehead atoms. The first-order chi connectivity index (χ1) is 22.7. The fourth-order valence-corrected chi connectivity index (χ4v) is 6.71. The van der Waals surface area contributed by atoms with E-state index in [1.807, 2.05) is 91.0 Å². The Morgan fingerprint density at radius 2 is 1.17 bits per heavy atom. The molecule has 0 unspecified atom stereocenters. The minimum Gasteiger partial charge on any atom is -0.467 e. The lowest BCUT2D eigenvalue weighted by Crippen LogP contribution is -2.59. The summed E-state index contributed by atoms with van der Waals surface area (Å²) in [4.78, 5) is 53.0. The minimum absolute atomic E-state index is 0.0290. The molecule has 48 heavy (non-hydrogen) atoms. The Hall–Kier alpha value is -4.35. The van der Waals surface area contributed by atoms with E-state index < -0.39 is 58.5 Å². The molecule has 4 atom stereocenters. The summed E-state index contributed by atoms with van der Waals surface area (Å²) in [6.45, 7) is 10.0. The van der Waals surface area contributed by atoms with Crippen LogP contribution >= 0.6 is 11.8 Å². The standard InChI is InChI=1S/C37H47N3O7S/c1-24(2)30(40-35(45)47-36(4,5)6)33(43)38-29(32(42)39-31(25(3)41)34(44)46-7)23-48-37(26-17-11-8-12-18-26,27-19-13-9-14-20-27)28-21-15-10-16-22-28/h8-22,24-25,29-31,41H,23H2,1-7H3,(H,38,43)(H,39,42)(H,40,45)/t25-,29+,30-,31-/m1/s1. The quantitative estimate of drug-likeness (QED) is 0.141. The number of rotatable bonds is 14. The van der Waals surface area contributed by atoms with Crippen LogP contribution in [0, 0.1) is 5.92 Å². The van der Waals surface area contributed by atoms with Gasteiger partial charge in [0.15, 0.2) is 6.04 Å². The van der Waals surface area contributed by atoms with Gasteiger partial charge in [-0.25, -0.2) is 9.59 Å². The highest BCUT2D eigenvalue weighted by molar-refractivity contribution is 8.00. The van der Waals surface area contributed by atoms with Crippen molar-refractivity contribution >= 4 is 35.6 Å². The molecule has 0 aliphatic rings. The zero-order valence-corrected chi connectivity index (χ0v) is 29.4. The molecule has 4 N–H and O–H groups in total. The number of thioether (sulfide) groups is 1. The van der Waals surface area contributed by atoms with Crippen molar-refractivity contribution in [1.29, 1.82) is 0 Å². The zero-order chi connectivity index (χ0) is 35.5. The number of aliphatic hydroxyl groups excluding tert-OH is 1. The van der Waals surface area contributed by atoms with Crippen molar-refractivity contribution in [1.82, 2.24) is 16.0 Å². The molecule has 0 heterocycles. The lowest BCUT2D eigenvalue weighted by molar-refractivity contribution is -0.148. The Balaban J connectivity index is 2.08. The molecule has 10 nitrogen and oxygen atoms in total. The van der Waals surface area contributed by atoms with E-state index in [0.717, 1.165) is 23.8 Å². The Morgan fingerprint density at radius 1 is 0.708 bits per heavy atom. The van der Waals surface area contributed by atoms with Gasteiger partial charge in [-0.3, -0.25) is 9.59 Å². The molecule has 0 aromatic heterocycles. The molecule has 3 aromatic carbocycles. The van der Waals surface area contributed by atoms with Gasteiger partial charge in [0.2, 0.25) is 11.8 Å². The average Bonchev–Trinajstić information content (AvgIpc) is 3.05. The van der Waals surface area contributed by atoms with Crippen LogP contribution < -0.4 is 16.0 Å². The van der Waals surface area contributed by atoms with E-state index in [1.54, 1.807) is 34.6 Å². The van der Waals surface area contributed by atoms with Gasteiger partial charge in [0.05, 0.1) is 18.0 Å². The molecule has 0 fully saturated rings. The molecule has 11 heteroatoms. The highest BCUT2D eigenvalue weighted by atomic mass is 32.2. The van der Waals surface area contributed by atoms with Gasteiger partial charge >= 0.3 is 12.1 Å². The number of carbonyl (C=O) groups is 4. The number of benzene rings is 3. The number of hydrogen-bond donors (Lipinski definition) is 4. The summed E-state index contributed by atoms with van der Waals surface area (Å²) in [5.41, 5.74) is 2.04. The highest BCUT2D eigenvalue weighted by Crippen LogP contribution is 2.48. The third kappa shape index (κ3) is 10.1. The Bertz CT molecular complexity index is 1400. The zero-order valence-electron chi connectivity index (χ0n) is 28.6. The normalized spacial score (nSPS) is 14.2. The first kappa shape index (κ1) is 38.1. The lowest BCUT2D eigenvalue weighted by Gasteiger charge is -2.37. The van der Waals surface area contributed by atoms with E-state index in [1.165, 1.54) is 18.7 Å². The van der Waals surface area contributed by atoms with Crippen LogP contribution in [0.25, 0.3) is 0 Å². The summed E-state index contributed by atoms with van der Waals surface area (Å²) in [5.74, 6) is -2.51. The van der Waals surface area contributed by atoms with E-state index in [2.05, 4.69) is 16.0 Å². The Kier molecular flexibility index (Phi) is 13.6. The summed E-state index contributed by atoms with van der Waals surface area (Å²) in [6, 6.07) is 25.9. The van der Waals surface area contributed by atoms with Crippen molar-refractivity contribution < 1.29 is 33.8 Å². The SMILES string of the molecule is COC(=O)[C@H](NC(=O)[C@H](CSC(c1ccccc1)(c1ccccc1)c1ccccc1)NC(=O)[C@H](NC(=O)OC(C)(C)C)C(C)C)[C@@H](C)O. The van der Waals surface area contributed by atoms with E-state index >= 15 is 0 Å². The first-order valence-corrected chi connectivity index (χ1v) is 16.8. The number of alkyl carbamates (subject to hydrolysis) is 1. The molecule has 0 aliphatic heterocycles. The maximum atomic E-state index is 14.0. The number of carbonyl (C=O) groups excluding carboxylic acids is 4. The molecule has 258 valence electrons. The molecular formula is C37H47N3O7S. The number of amides is 3. The number of aliphatic hydroxyl groups is 1. The number of nitrogens with one attached hydrogen (secondary N) is 3. The van der Waals surface area contributed by atoms with Crippen LogP contribution in [0.15, 0.2) is 91.0 Å². The third-order valence-corrected chi connectivity index (χ3v) is 9.14. The Morgan fingerprint density at radius 3 is 1.54 bits per heavy atom. The second-order valence-corrected chi connectivity index (χ2v) is 14.0. The van der Waals surface area contributed by atoms with Crippen LogP contribution in [-0.4, -0.2) is 71.7 Å². The predicted octanol–water partition coefficient (Wildman–Crippen LogP) is 4.78. The minimum atomic E-state index is -1.38. The lowest BCUT2D eigenvalue weighted by atomic mass is 9.84. The summed E-state index contributed by atoms with van der Waals surface area (Å²) in [6.07, 6.45) is -2.05. The van der Waals surface area contributed by atoms with E-state index in [9.17, 15) is 24.3 Å². The van der Waals surface area contributed by atoms with Gasteiger partial charge < -0.3 is 30.5 Å². The fourth-order valence-electron chi connectivity index (χ4n) is 5.15. The topological polar surface area (TPSA) is 143 Å². The highest BCUT2D eigenvalue weighted by Gasteiger charge is 2.40. The molecule has 3 rings (SSSR count). The molecule has 0 saturated heterocycles. The smallest absolute Gasteiger partial charge is 0.408 e. The van der Waals surface area contributed by atoms with Gasteiger partial charge in [-0.2, -0.15) is 0 Å². The summed E-state index contributed by atoms with van der Waals surface area (Å²) in [5, 5.41) is 18.3. The van der Waals surface area contributed by atoms with Gasteiger partial charge in [-0.15, -0.1) is 11.8 Å². The molecule has 0 saturated carbocycles. The van der Waals surface area contributed by atoms with Crippen LogP contribution in [0.5, 0.6) is 0 Å². The van der Waals surface area contributed by atoms with Crippen molar-refractivity contribution in [2.75, 3.05) is 12.9 Å². The molecule has 0 aliphatic carbocycles. The van der Waals surface area contributed by atoms with E-state index in [4.69, 9.17) is 9.47 Å².